The van der Waals surface area contributed by atoms with Crippen LogP contribution in [0.1, 0.15) is 25.5 Å². The Bertz CT molecular complexity index is 443. The Labute approximate surface area is 127 Å². The summed E-state index contributed by atoms with van der Waals surface area (Å²) in [4.78, 5) is 0. The van der Waals surface area contributed by atoms with E-state index >= 15 is 0 Å². The maximum atomic E-state index is 13.4. The Kier molecular flexibility index (Phi) is 6.40. The number of hydrogen-bond donors (Lipinski definition) is 2. The Balaban J connectivity index is 2.79. The van der Waals surface area contributed by atoms with Gasteiger partial charge in [0.15, 0.2) is 0 Å². The summed E-state index contributed by atoms with van der Waals surface area (Å²) in [5, 5.41) is 13.7. The Morgan fingerprint density at radius 3 is 2.68 bits per heavy atom. The molecule has 2 nitrogen and oxygen atoms in total. The van der Waals surface area contributed by atoms with E-state index in [0.29, 0.717) is 22.9 Å². The van der Waals surface area contributed by atoms with Crippen molar-refractivity contribution in [2.24, 2.45) is 0 Å². The van der Waals surface area contributed by atoms with Crippen molar-refractivity contribution in [3.8, 4) is 0 Å². The molecule has 0 spiro atoms. The summed E-state index contributed by atoms with van der Waals surface area (Å²) in [6.45, 7) is 3.96. The van der Waals surface area contributed by atoms with Gasteiger partial charge in [-0.25, -0.2) is 4.39 Å². The minimum Gasteiger partial charge on any atom is -0.388 e. The third kappa shape index (κ3) is 4.80. The van der Waals surface area contributed by atoms with E-state index in [4.69, 9.17) is 23.2 Å². The Hall–Kier alpha value is -0.0000000000000000555. The van der Waals surface area contributed by atoms with E-state index in [0.717, 1.165) is 0 Å². The predicted molar refractivity (Wildman–Crippen MR) is 81.8 cm³/mol. The van der Waals surface area contributed by atoms with E-state index in [9.17, 15) is 9.50 Å². The van der Waals surface area contributed by atoms with Gasteiger partial charge in [-0.3, -0.25) is 0 Å². The van der Waals surface area contributed by atoms with Crippen molar-refractivity contribution >= 4 is 35.0 Å². The highest BCUT2D eigenvalue weighted by molar-refractivity contribution is 7.98. The standard InChI is InChI=1S/C13H18Cl2FNOS/c1-8(17-6-13(2,18)7-19-3)11-9(14)4-5-10(16)12(11)15/h4-5,8,17-18H,6-7H2,1-3H3. The van der Waals surface area contributed by atoms with E-state index in [-0.39, 0.29) is 11.1 Å². The molecule has 0 saturated carbocycles. The summed E-state index contributed by atoms with van der Waals surface area (Å²) in [5.41, 5.74) is -0.316. The van der Waals surface area contributed by atoms with Gasteiger partial charge in [0, 0.05) is 28.9 Å². The predicted octanol–water partition coefficient (Wildman–Crippen LogP) is 3.90. The highest BCUT2D eigenvalue weighted by atomic mass is 35.5. The summed E-state index contributed by atoms with van der Waals surface area (Å²) < 4.78 is 13.4. The minimum absolute atomic E-state index is 0.0250. The molecule has 2 atom stereocenters. The number of halogens is 3. The molecular formula is C13H18Cl2FNOS. The van der Waals surface area contributed by atoms with Gasteiger partial charge in [-0.1, -0.05) is 23.2 Å². The van der Waals surface area contributed by atoms with Gasteiger partial charge < -0.3 is 10.4 Å². The molecule has 1 aromatic rings. The zero-order valence-electron chi connectivity index (χ0n) is 11.1. The molecule has 0 aliphatic carbocycles. The van der Waals surface area contributed by atoms with Crippen LogP contribution in [0.25, 0.3) is 0 Å². The molecule has 0 aliphatic rings. The van der Waals surface area contributed by atoms with Crippen LogP contribution in [0.15, 0.2) is 12.1 Å². The largest absolute Gasteiger partial charge is 0.388 e. The third-order valence-corrected chi connectivity index (χ3v) is 4.38. The van der Waals surface area contributed by atoms with Crippen molar-refractivity contribution in [2.45, 2.75) is 25.5 Å². The topological polar surface area (TPSA) is 32.3 Å². The molecule has 19 heavy (non-hydrogen) atoms. The molecule has 6 heteroatoms. The second-order valence-corrected chi connectivity index (χ2v) is 6.44. The van der Waals surface area contributed by atoms with Crippen molar-refractivity contribution in [3.63, 3.8) is 0 Å². The molecule has 0 heterocycles. The van der Waals surface area contributed by atoms with Crippen molar-refractivity contribution in [1.29, 1.82) is 0 Å². The fraction of sp³-hybridized carbons (Fsp3) is 0.538. The molecule has 0 saturated heterocycles. The van der Waals surface area contributed by atoms with Gasteiger partial charge >= 0.3 is 0 Å². The first-order valence-electron chi connectivity index (χ1n) is 5.86. The Morgan fingerprint density at radius 1 is 1.47 bits per heavy atom. The molecule has 2 unspecified atom stereocenters. The van der Waals surface area contributed by atoms with E-state index < -0.39 is 11.4 Å². The fourth-order valence-electron chi connectivity index (χ4n) is 1.78. The number of hydrogen-bond acceptors (Lipinski definition) is 3. The van der Waals surface area contributed by atoms with Crippen LogP contribution in [0.3, 0.4) is 0 Å². The second kappa shape index (κ2) is 7.14. The van der Waals surface area contributed by atoms with E-state index in [1.165, 1.54) is 12.1 Å². The lowest BCUT2D eigenvalue weighted by atomic mass is 10.1. The lowest BCUT2D eigenvalue weighted by molar-refractivity contribution is 0.0821. The zero-order valence-corrected chi connectivity index (χ0v) is 13.5. The number of rotatable bonds is 6. The highest BCUT2D eigenvalue weighted by Crippen LogP contribution is 2.32. The monoisotopic (exact) mass is 325 g/mol. The first-order chi connectivity index (χ1) is 8.78. The molecular weight excluding hydrogens is 308 g/mol. The molecule has 1 aromatic carbocycles. The van der Waals surface area contributed by atoms with Crippen LogP contribution in [0, 0.1) is 5.82 Å². The van der Waals surface area contributed by atoms with Crippen LogP contribution in [0.5, 0.6) is 0 Å². The summed E-state index contributed by atoms with van der Waals surface area (Å²) in [7, 11) is 0. The van der Waals surface area contributed by atoms with Crippen molar-refractivity contribution < 1.29 is 9.50 Å². The van der Waals surface area contributed by atoms with Gasteiger partial charge in [0.05, 0.1) is 10.6 Å². The molecule has 0 aliphatic heterocycles. The van der Waals surface area contributed by atoms with Crippen molar-refractivity contribution in [1.82, 2.24) is 5.32 Å². The zero-order chi connectivity index (χ0) is 14.6. The average molecular weight is 326 g/mol. The highest BCUT2D eigenvalue weighted by Gasteiger charge is 2.22. The van der Waals surface area contributed by atoms with Crippen LogP contribution in [0.4, 0.5) is 4.39 Å². The fourth-order valence-corrected chi connectivity index (χ4v) is 3.20. The smallest absolute Gasteiger partial charge is 0.142 e. The molecule has 0 bridgehead atoms. The van der Waals surface area contributed by atoms with Gasteiger partial charge in [0.25, 0.3) is 0 Å². The average Bonchev–Trinajstić information content (AvgIpc) is 2.32. The molecule has 0 fully saturated rings. The van der Waals surface area contributed by atoms with E-state index in [1.54, 1.807) is 18.7 Å². The number of benzene rings is 1. The summed E-state index contributed by atoms with van der Waals surface area (Å²) in [5.74, 6) is 0.114. The van der Waals surface area contributed by atoms with Crippen molar-refractivity contribution in [3.05, 3.63) is 33.6 Å². The Morgan fingerprint density at radius 2 is 2.11 bits per heavy atom. The van der Waals surface area contributed by atoms with Crippen LogP contribution >= 0.6 is 35.0 Å². The van der Waals surface area contributed by atoms with Crippen LogP contribution in [0.2, 0.25) is 10.0 Å². The maximum absolute atomic E-state index is 13.4. The normalized spacial score (nSPS) is 16.2. The maximum Gasteiger partial charge on any atom is 0.142 e. The van der Waals surface area contributed by atoms with Crippen LogP contribution < -0.4 is 5.32 Å². The van der Waals surface area contributed by atoms with E-state index in [1.807, 2.05) is 13.2 Å². The lowest BCUT2D eigenvalue weighted by Gasteiger charge is -2.26. The quantitative estimate of drug-likeness (QED) is 0.778. The van der Waals surface area contributed by atoms with Gasteiger partial charge in [0.1, 0.15) is 5.82 Å². The summed E-state index contributed by atoms with van der Waals surface area (Å²) >= 11 is 13.6. The van der Waals surface area contributed by atoms with Gasteiger partial charge in [-0.05, 0) is 32.2 Å². The molecule has 0 amide bonds. The van der Waals surface area contributed by atoms with Gasteiger partial charge in [-0.15, -0.1) is 0 Å². The minimum atomic E-state index is -0.833. The van der Waals surface area contributed by atoms with Gasteiger partial charge in [0.2, 0.25) is 0 Å². The third-order valence-electron chi connectivity index (χ3n) is 2.76. The molecule has 2 N–H and O–H groups in total. The van der Waals surface area contributed by atoms with Crippen LogP contribution in [-0.2, 0) is 0 Å². The van der Waals surface area contributed by atoms with E-state index in [2.05, 4.69) is 5.32 Å². The van der Waals surface area contributed by atoms with Gasteiger partial charge in [-0.2, -0.15) is 11.8 Å². The summed E-state index contributed by atoms with van der Waals surface area (Å²) in [6.07, 6.45) is 1.93. The SMILES string of the molecule is CSCC(C)(O)CNC(C)c1c(Cl)ccc(F)c1Cl. The molecule has 1 rings (SSSR count). The number of thioether (sulfide) groups is 1. The second-order valence-electron chi connectivity index (χ2n) is 4.79. The summed E-state index contributed by atoms with van der Waals surface area (Å²) in [6, 6.07) is 2.48. The first-order valence-corrected chi connectivity index (χ1v) is 8.01. The molecule has 0 aromatic heterocycles. The lowest BCUT2D eigenvalue weighted by Crippen LogP contribution is -2.41. The van der Waals surface area contributed by atoms with Crippen molar-refractivity contribution in [2.75, 3.05) is 18.6 Å². The first kappa shape index (κ1) is 17.1. The molecule has 108 valence electrons. The number of aliphatic hydroxyl groups is 1. The molecule has 0 radical (unpaired) electrons. The number of nitrogens with one attached hydrogen (secondary N) is 1. The van der Waals surface area contributed by atoms with Crippen LogP contribution in [-0.4, -0.2) is 29.3 Å².